The molecule has 2 heterocycles. The summed E-state index contributed by atoms with van der Waals surface area (Å²) in [6, 6.07) is 5.94. The van der Waals surface area contributed by atoms with Crippen molar-refractivity contribution in [3.8, 4) is 0 Å². The van der Waals surface area contributed by atoms with Crippen LogP contribution in [0.4, 0.5) is 0 Å². The largest absolute Gasteiger partial charge is 0.314 e. The minimum atomic E-state index is 0.0779. The van der Waals surface area contributed by atoms with Gasteiger partial charge in [-0.05, 0) is 32.5 Å². The van der Waals surface area contributed by atoms with Crippen molar-refractivity contribution < 1.29 is 0 Å². The molecule has 1 atom stereocenters. The summed E-state index contributed by atoms with van der Waals surface area (Å²) in [5, 5.41) is 3.46. The van der Waals surface area contributed by atoms with E-state index in [2.05, 4.69) is 17.3 Å². The third kappa shape index (κ3) is 3.68. The lowest BCUT2D eigenvalue weighted by molar-refractivity contribution is 0.181. The van der Waals surface area contributed by atoms with Gasteiger partial charge < -0.3 is 14.8 Å². The van der Waals surface area contributed by atoms with E-state index in [1.54, 1.807) is 16.7 Å². The first-order valence-electron chi connectivity index (χ1n) is 6.84. The van der Waals surface area contributed by atoms with E-state index >= 15 is 0 Å². The molecule has 18 heavy (non-hydrogen) atoms. The zero-order chi connectivity index (χ0) is 12.8. The predicted molar refractivity (Wildman–Crippen MR) is 73.8 cm³/mol. The Morgan fingerprint density at radius 3 is 3.06 bits per heavy atom. The number of hydrogen-bond acceptors (Lipinski definition) is 3. The van der Waals surface area contributed by atoms with Gasteiger partial charge in [0.15, 0.2) is 0 Å². The number of aromatic nitrogens is 1. The van der Waals surface area contributed by atoms with Crippen molar-refractivity contribution in [2.45, 2.75) is 31.8 Å². The van der Waals surface area contributed by atoms with Crippen LogP contribution in [-0.4, -0.2) is 42.2 Å². The van der Waals surface area contributed by atoms with E-state index < -0.39 is 0 Å². The average Bonchev–Trinajstić information content (AvgIpc) is 2.38. The second kappa shape index (κ2) is 6.71. The first-order chi connectivity index (χ1) is 8.77. The minimum Gasteiger partial charge on any atom is -0.314 e. The Hall–Kier alpha value is -1.13. The van der Waals surface area contributed by atoms with Crippen molar-refractivity contribution in [2.75, 3.05) is 26.7 Å². The molecule has 1 fully saturated rings. The Morgan fingerprint density at radius 1 is 1.39 bits per heavy atom. The number of pyridine rings is 1. The lowest BCUT2D eigenvalue weighted by Gasteiger charge is -2.32. The highest BCUT2D eigenvalue weighted by atomic mass is 16.1. The molecule has 0 bridgehead atoms. The monoisotopic (exact) mass is 249 g/mol. The van der Waals surface area contributed by atoms with Crippen LogP contribution in [0.3, 0.4) is 0 Å². The van der Waals surface area contributed by atoms with E-state index in [9.17, 15) is 4.79 Å². The summed E-state index contributed by atoms with van der Waals surface area (Å²) in [5.41, 5.74) is 0.0779. The van der Waals surface area contributed by atoms with Crippen LogP contribution in [0.15, 0.2) is 29.2 Å². The lowest BCUT2D eigenvalue weighted by atomic mass is 10.0. The lowest BCUT2D eigenvalue weighted by Crippen LogP contribution is -2.43. The minimum absolute atomic E-state index is 0.0779. The Kier molecular flexibility index (Phi) is 4.96. The number of hydrogen-bond donors (Lipinski definition) is 1. The Balaban J connectivity index is 1.70. The Bertz CT molecular complexity index is 416. The molecule has 0 radical (unpaired) electrons. The first kappa shape index (κ1) is 13.3. The van der Waals surface area contributed by atoms with Crippen molar-refractivity contribution in [3.63, 3.8) is 0 Å². The van der Waals surface area contributed by atoms with Gasteiger partial charge in [0, 0.05) is 37.9 Å². The van der Waals surface area contributed by atoms with Gasteiger partial charge in [-0.25, -0.2) is 0 Å². The van der Waals surface area contributed by atoms with Crippen molar-refractivity contribution in [1.82, 2.24) is 14.8 Å². The van der Waals surface area contributed by atoms with E-state index in [-0.39, 0.29) is 5.56 Å². The van der Waals surface area contributed by atoms with E-state index in [1.807, 2.05) is 12.3 Å². The van der Waals surface area contributed by atoms with Crippen LogP contribution >= 0.6 is 0 Å². The Labute approximate surface area is 109 Å². The van der Waals surface area contributed by atoms with Crippen LogP contribution < -0.4 is 10.9 Å². The molecule has 4 nitrogen and oxygen atoms in total. The smallest absolute Gasteiger partial charge is 0.250 e. The first-order valence-corrected chi connectivity index (χ1v) is 6.84. The van der Waals surface area contributed by atoms with Crippen LogP contribution in [0, 0.1) is 0 Å². The molecular formula is C14H23N3O. The van der Waals surface area contributed by atoms with E-state index in [4.69, 9.17) is 0 Å². The predicted octanol–water partition coefficient (Wildman–Crippen LogP) is 0.922. The molecular weight excluding hydrogens is 226 g/mol. The van der Waals surface area contributed by atoms with E-state index in [1.165, 1.54) is 25.8 Å². The van der Waals surface area contributed by atoms with Crippen molar-refractivity contribution >= 4 is 0 Å². The highest BCUT2D eigenvalue weighted by Gasteiger charge is 2.17. The zero-order valence-corrected chi connectivity index (χ0v) is 11.1. The molecule has 1 aliphatic heterocycles. The van der Waals surface area contributed by atoms with Gasteiger partial charge in [0.25, 0.3) is 5.56 Å². The summed E-state index contributed by atoms with van der Waals surface area (Å²) in [5.74, 6) is 0. The van der Waals surface area contributed by atoms with Crippen molar-refractivity contribution in [3.05, 3.63) is 34.7 Å². The van der Waals surface area contributed by atoms with Gasteiger partial charge in [-0.3, -0.25) is 4.79 Å². The second-order valence-electron chi connectivity index (χ2n) is 5.07. The summed E-state index contributed by atoms with van der Waals surface area (Å²) < 4.78 is 1.75. The molecule has 0 saturated carbocycles. The molecule has 4 heteroatoms. The van der Waals surface area contributed by atoms with Crippen LogP contribution in [0.2, 0.25) is 0 Å². The van der Waals surface area contributed by atoms with Crippen LogP contribution in [0.5, 0.6) is 0 Å². The highest BCUT2D eigenvalue weighted by Crippen LogP contribution is 2.13. The molecule has 1 saturated heterocycles. The van der Waals surface area contributed by atoms with E-state index in [0.717, 1.165) is 19.6 Å². The number of piperidine rings is 1. The van der Waals surface area contributed by atoms with Crippen LogP contribution in [0.25, 0.3) is 0 Å². The standard InChI is InChI=1S/C14H23N3O/c1-16-9-4-2-6-13(16)12-15-8-11-17-10-5-3-7-14(17)18/h3,5,7,10,13,15H,2,4,6,8-9,11-12H2,1H3. The SMILES string of the molecule is CN1CCCCC1CNCCn1ccccc1=O. The number of nitrogens with one attached hydrogen (secondary N) is 1. The normalized spacial score (nSPS) is 21.1. The molecule has 1 aliphatic rings. The maximum atomic E-state index is 11.5. The highest BCUT2D eigenvalue weighted by molar-refractivity contribution is 4.93. The number of rotatable bonds is 5. The molecule has 2 rings (SSSR count). The summed E-state index contributed by atoms with van der Waals surface area (Å²) in [4.78, 5) is 13.9. The molecule has 1 aromatic heterocycles. The third-order valence-corrected chi connectivity index (χ3v) is 3.73. The summed E-state index contributed by atoms with van der Waals surface area (Å²) in [6.07, 6.45) is 5.80. The fourth-order valence-electron chi connectivity index (χ4n) is 2.52. The van der Waals surface area contributed by atoms with Crippen molar-refractivity contribution in [2.24, 2.45) is 0 Å². The average molecular weight is 249 g/mol. The molecule has 0 aliphatic carbocycles. The molecule has 0 aromatic carbocycles. The fourth-order valence-corrected chi connectivity index (χ4v) is 2.52. The fraction of sp³-hybridized carbons (Fsp3) is 0.643. The summed E-state index contributed by atoms with van der Waals surface area (Å²) >= 11 is 0. The molecule has 1 unspecified atom stereocenters. The summed E-state index contributed by atoms with van der Waals surface area (Å²) in [6.45, 7) is 3.84. The maximum absolute atomic E-state index is 11.5. The number of nitrogens with zero attached hydrogens (tertiary/aromatic N) is 2. The summed E-state index contributed by atoms with van der Waals surface area (Å²) in [7, 11) is 2.20. The van der Waals surface area contributed by atoms with Gasteiger partial charge in [-0.15, -0.1) is 0 Å². The Morgan fingerprint density at radius 2 is 2.28 bits per heavy atom. The molecule has 1 aromatic rings. The van der Waals surface area contributed by atoms with Crippen molar-refractivity contribution in [1.29, 1.82) is 0 Å². The second-order valence-corrected chi connectivity index (χ2v) is 5.07. The third-order valence-electron chi connectivity index (χ3n) is 3.73. The quantitative estimate of drug-likeness (QED) is 0.789. The van der Waals surface area contributed by atoms with Crippen LogP contribution in [0.1, 0.15) is 19.3 Å². The topological polar surface area (TPSA) is 37.3 Å². The molecule has 100 valence electrons. The van der Waals surface area contributed by atoms with Gasteiger partial charge in [0.2, 0.25) is 0 Å². The van der Waals surface area contributed by atoms with Gasteiger partial charge in [-0.1, -0.05) is 12.5 Å². The molecule has 0 spiro atoms. The van der Waals surface area contributed by atoms with Gasteiger partial charge >= 0.3 is 0 Å². The van der Waals surface area contributed by atoms with Crippen LogP contribution in [-0.2, 0) is 6.54 Å². The molecule has 1 N–H and O–H groups in total. The van der Waals surface area contributed by atoms with E-state index in [0.29, 0.717) is 6.04 Å². The van der Waals surface area contributed by atoms with Gasteiger partial charge in [0.05, 0.1) is 0 Å². The number of likely N-dealkylation sites (tertiary alicyclic amines) is 1. The zero-order valence-electron chi connectivity index (χ0n) is 11.1. The molecule has 0 amide bonds. The van der Waals surface area contributed by atoms with Gasteiger partial charge in [-0.2, -0.15) is 0 Å². The number of likely N-dealkylation sites (N-methyl/N-ethyl adjacent to an activating group) is 1. The maximum Gasteiger partial charge on any atom is 0.250 e. The van der Waals surface area contributed by atoms with Gasteiger partial charge in [0.1, 0.15) is 0 Å².